The Balaban J connectivity index is 1.63. The van der Waals surface area contributed by atoms with Crippen LogP contribution in [-0.2, 0) is 16.0 Å². The van der Waals surface area contributed by atoms with E-state index in [0.29, 0.717) is 30.0 Å². The number of fused-ring (bicyclic) bond motifs is 1. The Morgan fingerprint density at radius 1 is 1.53 bits per heavy atom. The lowest BCUT2D eigenvalue weighted by Gasteiger charge is -2.01. The Hall–Kier alpha value is -0.190. The molecule has 1 saturated heterocycles. The summed E-state index contributed by atoms with van der Waals surface area (Å²) < 4.78 is 6.36. The Morgan fingerprint density at radius 3 is 2.87 bits per heavy atom. The van der Waals surface area contributed by atoms with Crippen LogP contribution >= 0.6 is 27.3 Å². The van der Waals surface area contributed by atoms with Crippen LogP contribution < -0.4 is 0 Å². The van der Waals surface area contributed by atoms with Crippen LogP contribution in [0.3, 0.4) is 0 Å². The van der Waals surface area contributed by atoms with Crippen LogP contribution in [-0.4, -0.2) is 19.0 Å². The second-order valence-corrected chi connectivity index (χ2v) is 6.18. The molecule has 2 nitrogen and oxygen atoms in total. The SMILES string of the molecule is O=C(Cc1cc(Br)cs1)C1C2COCC21. The van der Waals surface area contributed by atoms with Crippen molar-refractivity contribution in [3.63, 3.8) is 0 Å². The van der Waals surface area contributed by atoms with E-state index in [1.54, 1.807) is 11.3 Å². The van der Waals surface area contributed by atoms with E-state index in [-0.39, 0.29) is 0 Å². The van der Waals surface area contributed by atoms with Crippen LogP contribution in [0.4, 0.5) is 0 Å². The van der Waals surface area contributed by atoms with Crippen LogP contribution in [0.1, 0.15) is 4.88 Å². The summed E-state index contributed by atoms with van der Waals surface area (Å²) in [5, 5.41) is 2.03. The molecule has 3 rings (SSSR count). The van der Waals surface area contributed by atoms with Crippen LogP contribution in [0.5, 0.6) is 0 Å². The first-order chi connectivity index (χ1) is 7.25. The molecule has 1 aromatic rings. The first-order valence-corrected chi connectivity index (χ1v) is 6.76. The van der Waals surface area contributed by atoms with Crippen LogP contribution in [0, 0.1) is 17.8 Å². The van der Waals surface area contributed by atoms with Crippen molar-refractivity contribution in [2.45, 2.75) is 6.42 Å². The van der Waals surface area contributed by atoms with Crippen molar-refractivity contribution in [1.82, 2.24) is 0 Å². The van der Waals surface area contributed by atoms with E-state index < -0.39 is 0 Å². The van der Waals surface area contributed by atoms with Crippen molar-refractivity contribution in [2.24, 2.45) is 17.8 Å². The van der Waals surface area contributed by atoms with Gasteiger partial charge in [-0.15, -0.1) is 11.3 Å². The Labute approximate surface area is 101 Å². The molecule has 0 aromatic carbocycles. The molecule has 1 aliphatic carbocycles. The zero-order chi connectivity index (χ0) is 10.4. The summed E-state index contributed by atoms with van der Waals surface area (Å²) in [5.41, 5.74) is 0. The second kappa shape index (κ2) is 3.68. The standard InChI is InChI=1S/C11H11BrO2S/c12-6-1-7(15-5-6)2-10(13)11-8-3-14-4-9(8)11/h1,5,8-9,11H,2-4H2. The van der Waals surface area contributed by atoms with E-state index in [1.165, 1.54) is 0 Å². The maximum absolute atomic E-state index is 11.9. The third-order valence-electron chi connectivity index (χ3n) is 3.29. The average Bonchev–Trinajstić information content (AvgIpc) is 2.60. The summed E-state index contributed by atoms with van der Waals surface area (Å²) in [4.78, 5) is 13.1. The molecule has 4 heteroatoms. The minimum absolute atomic E-state index is 0.305. The Bertz CT molecular complexity index is 391. The molecule has 0 N–H and O–H groups in total. The maximum Gasteiger partial charge on any atom is 0.141 e. The van der Waals surface area contributed by atoms with Gasteiger partial charge in [0.1, 0.15) is 5.78 Å². The van der Waals surface area contributed by atoms with Crippen molar-refractivity contribution in [1.29, 1.82) is 0 Å². The molecule has 2 heterocycles. The van der Waals surface area contributed by atoms with Crippen LogP contribution in [0.25, 0.3) is 0 Å². The van der Waals surface area contributed by atoms with Crippen molar-refractivity contribution in [3.8, 4) is 0 Å². The fourth-order valence-corrected chi connectivity index (χ4v) is 3.91. The Kier molecular flexibility index (Phi) is 2.45. The molecule has 2 fully saturated rings. The van der Waals surface area contributed by atoms with E-state index >= 15 is 0 Å². The minimum Gasteiger partial charge on any atom is -0.381 e. The number of thiophene rings is 1. The van der Waals surface area contributed by atoms with Gasteiger partial charge in [-0.3, -0.25) is 4.79 Å². The number of halogens is 1. The molecule has 2 atom stereocenters. The quantitative estimate of drug-likeness (QED) is 0.854. The first-order valence-electron chi connectivity index (χ1n) is 5.09. The fourth-order valence-electron chi connectivity index (χ4n) is 2.45. The molecule has 1 saturated carbocycles. The van der Waals surface area contributed by atoms with Crippen molar-refractivity contribution in [2.75, 3.05) is 13.2 Å². The van der Waals surface area contributed by atoms with Gasteiger partial charge in [-0.25, -0.2) is 0 Å². The normalized spacial score (nSPS) is 32.7. The second-order valence-electron chi connectivity index (χ2n) is 4.27. The summed E-state index contributed by atoms with van der Waals surface area (Å²) in [5.74, 6) is 1.80. The van der Waals surface area contributed by atoms with Crippen molar-refractivity contribution < 1.29 is 9.53 Å². The van der Waals surface area contributed by atoms with Gasteiger partial charge in [0.25, 0.3) is 0 Å². The van der Waals surface area contributed by atoms with E-state index in [9.17, 15) is 4.79 Å². The van der Waals surface area contributed by atoms with Gasteiger partial charge in [-0.1, -0.05) is 0 Å². The third-order valence-corrected chi connectivity index (χ3v) is 4.99. The highest BCUT2D eigenvalue weighted by molar-refractivity contribution is 9.10. The number of Topliss-reactive ketones (excluding diaryl/α,β-unsaturated/α-hetero) is 1. The van der Waals surface area contributed by atoms with E-state index in [0.717, 1.165) is 22.6 Å². The van der Waals surface area contributed by atoms with Gasteiger partial charge >= 0.3 is 0 Å². The Morgan fingerprint density at radius 2 is 2.27 bits per heavy atom. The highest BCUT2D eigenvalue weighted by atomic mass is 79.9. The third kappa shape index (κ3) is 1.79. The number of rotatable bonds is 3. The predicted octanol–water partition coefficient (Wildman–Crippen LogP) is 2.51. The highest BCUT2D eigenvalue weighted by Crippen LogP contribution is 2.51. The lowest BCUT2D eigenvalue weighted by Crippen LogP contribution is -2.11. The van der Waals surface area contributed by atoms with Gasteiger partial charge in [0.05, 0.1) is 13.2 Å². The molecule has 2 unspecified atom stereocenters. The number of hydrogen-bond acceptors (Lipinski definition) is 3. The van der Waals surface area contributed by atoms with Gasteiger partial charge in [-0.05, 0) is 33.8 Å². The summed E-state index contributed by atoms with van der Waals surface area (Å²) in [6.07, 6.45) is 0.605. The van der Waals surface area contributed by atoms with Gasteiger partial charge in [0.15, 0.2) is 0 Å². The molecule has 2 aliphatic rings. The molecule has 15 heavy (non-hydrogen) atoms. The van der Waals surface area contributed by atoms with E-state index in [4.69, 9.17) is 4.74 Å². The lowest BCUT2D eigenvalue weighted by atomic mass is 10.1. The van der Waals surface area contributed by atoms with Gasteiger partial charge in [0, 0.05) is 27.1 Å². The number of ketones is 1. The van der Waals surface area contributed by atoms with Gasteiger partial charge in [0.2, 0.25) is 0 Å². The predicted molar refractivity (Wildman–Crippen MR) is 62.0 cm³/mol. The largest absolute Gasteiger partial charge is 0.381 e. The van der Waals surface area contributed by atoms with E-state index in [2.05, 4.69) is 15.9 Å². The van der Waals surface area contributed by atoms with Crippen LogP contribution in [0.15, 0.2) is 15.9 Å². The molecule has 0 bridgehead atoms. The lowest BCUT2D eigenvalue weighted by molar-refractivity contribution is -0.120. The summed E-state index contributed by atoms with van der Waals surface area (Å²) in [7, 11) is 0. The number of carbonyl (C=O) groups excluding carboxylic acids is 1. The summed E-state index contributed by atoms with van der Waals surface area (Å²) >= 11 is 5.05. The molecular formula is C11H11BrO2S. The van der Waals surface area contributed by atoms with Crippen LogP contribution in [0.2, 0.25) is 0 Å². The zero-order valence-electron chi connectivity index (χ0n) is 8.11. The smallest absolute Gasteiger partial charge is 0.141 e. The summed E-state index contributed by atoms with van der Waals surface area (Å²) in [6, 6.07) is 2.04. The summed E-state index contributed by atoms with van der Waals surface area (Å²) in [6.45, 7) is 1.60. The molecule has 80 valence electrons. The number of carbonyl (C=O) groups is 1. The first kappa shape index (κ1) is 10.00. The molecule has 0 amide bonds. The number of ether oxygens (including phenoxy) is 1. The monoisotopic (exact) mass is 286 g/mol. The molecule has 0 radical (unpaired) electrons. The fraction of sp³-hybridized carbons (Fsp3) is 0.545. The average molecular weight is 287 g/mol. The molecule has 1 aromatic heterocycles. The van der Waals surface area contributed by atoms with Crippen molar-refractivity contribution in [3.05, 3.63) is 20.8 Å². The molecular weight excluding hydrogens is 276 g/mol. The highest BCUT2D eigenvalue weighted by Gasteiger charge is 2.57. The number of hydrogen-bond donors (Lipinski definition) is 0. The maximum atomic E-state index is 11.9. The molecule has 1 aliphatic heterocycles. The van der Waals surface area contributed by atoms with Gasteiger partial charge < -0.3 is 4.74 Å². The van der Waals surface area contributed by atoms with Gasteiger partial charge in [-0.2, -0.15) is 0 Å². The molecule has 0 spiro atoms. The van der Waals surface area contributed by atoms with Crippen molar-refractivity contribution >= 4 is 33.0 Å². The van der Waals surface area contributed by atoms with E-state index in [1.807, 2.05) is 11.4 Å². The minimum atomic E-state index is 0.305. The zero-order valence-corrected chi connectivity index (χ0v) is 10.5. The topological polar surface area (TPSA) is 26.3 Å².